The van der Waals surface area contributed by atoms with Gasteiger partial charge in [-0.2, -0.15) is 0 Å². The van der Waals surface area contributed by atoms with Gasteiger partial charge in [0, 0.05) is 24.2 Å². The minimum Gasteiger partial charge on any atom is -0.357 e. The Labute approximate surface area is 153 Å². The third-order valence-corrected chi connectivity index (χ3v) is 4.44. The van der Waals surface area contributed by atoms with Crippen molar-refractivity contribution in [2.75, 3.05) is 13.1 Å². The number of nitrogens with zero attached hydrogens (tertiary/aromatic N) is 2. The lowest BCUT2D eigenvalue weighted by molar-refractivity contribution is 0.109. The molecule has 2 aromatic rings. The molecule has 0 aliphatic heterocycles. The summed E-state index contributed by atoms with van der Waals surface area (Å²) in [5.74, 6) is 0.797. The van der Waals surface area contributed by atoms with Crippen molar-refractivity contribution in [2.45, 2.75) is 20.4 Å². The monoisotopic (exact) mass is 360 g/mol. The Balaban J connectivity index is 2.47. The highest BCUT2D eigenvalue weighted by atomic mass is 35.5. The number of benzene rings is 2. The predicted octanol–water partition coefficient (Wildman–Crippen LogP) is 4.70. The van der Waals surface area contributed by atoms with Crippen molar-refractivity contribution < 1.29 is 4.79 Å². The smallest absolute Gasteiger partial charge is 0.217 e. The first-order chi connectivity index (χ1) is 11.6. The summed E-state index contributed by atoms with van der Waals surface area (Å²) in [5.41, 5.74) is 2.29. The van der Waals surface area contributed by atoms with E-state index >= 15 is 0 Å². The van der Waals surface area contributed by atoms with Gasteiger partial charge in [0.1, 0.15) is 5.84 Å². The van der Waals surface area contributed by atoms with Crippen LogP contribution < -0.4 is 0 Å². The second-order valence-electron chi connectivity index (χ2n) is 5.27. The maximum Gasteiger partial charge on any atom is 0.217 e. The summed E-state index contributed by atoms with van der Waals surface area (Å²) in [7, 11) is 0. The summed E-state index contributed by atoms with van der Waals surface area (Å²) in [5, 5.41) is 0.0556. The molecular formula is C19H21ClN2OS. The topological polar surface area (TPSA) is 32.7 Å². The van der Waals surface area contributed by atoms with Crippen LogP contribution in [0.25, 0.3) is 0 Å². The van der Waals surface area contributed by atoms with Gasteiger partial charge in [-0.15, -0.1) is 12.6 Å². The van der Waals surface area contributed by atoms with Crippen LogP contribution in [-0.2, 0) is 6.54 Å². The standard InChI is InChI=1S/C19H21ClN2OS/c1-3-22(4-2)18(21-13-14-9-6-5-7-10-14)15-11-8-12-16(17(15)20)19(23)24/h5-12H,3-4,13H2,1-2H3,(H,23,24). The highest BCUT2D eigenvalue weighted by Gasteiger charge is 2.18. The van der Waals surface area contributed by atoms with E-state index in [9.17, 15) is 4.79 Å². The molecular weight excluding hydrogens is 340 g/mol. The molecule has 0 radical (unpaired) electrons. The number of thiol groups is 1. The fourth-order valence-electron chi connectivity index (χ4n) is 2.50. The molecule has 0 atom stereocenters. The zero-order valence-corrected chi connectivity index (χ0v) is 15.5. The second-order valence-corrected chi connectivity index (χ2v) is 6.05. The summed E-state index contributed by atoms with van der Waals surface area (Å²) < 4.78 is 0. The van der Waals surface area contributed by atoms with Crippen LogP contribution in [0, 0.1) is 0 Å². The maximum absolute atomic E-state index is 11.7. The molecule has 0 saturated heterocycles. The highest BCUT2D eigenvalue weighted by Crippen LogP contribution is 2.25. The first kappa shape index (κ1) is 18.6. The summed E-state index contributed by atoms with van der Waals surface area (Å²) in [6.45, 7) is 6.31. The first-order valence-corrected chi connectivity index (χ1v) is 8.76. The summed E-state index contributed by atoms with van der Waals surface area (Å²) >= 11 is 10.4. The summed E-state index contributed by atoms with van der Waals surface area (Å²) in [4.78, 5) is 18.6. The van der Waals surface area contributed by atoms with Crippen molar-refractivity contribution in [3.63, 3.8) is 0 Å². The number of amidine groups is 1. The molecule has 0 N–H and O–H groups in total. The molecule has 0 spiro atoms. The van der Waals surface area contributed by atoms with Gasteiger partial charge in [0.25, 0.3) is 0 Å². The van der Waals surface area contributed by atoms with Crippen LogP contribution in [0.5, 0.6) is 0 Å². The van der Waals surface area contributed by atoms with E-state index in [1.54, 1.807) is 6.07 Å². The molecule has 0 saturated carbocycles. The van der Waals surface area contributed by atoms with Crippen LogP contribution in [0.1, 0.15) is 35.3 Å². The molecule has 0 unspecified atom stereocenters. The Bertz CT molecular complexity index is 727. The van der Waals surface area contributed by atoms with Crippen LogP contribution in [0.3, 0.4) is 0 Å². The van der Waals surface area contributed by atoms with Gasteiger partial charge in [0.05, 0.1) is 11.6 Å². The maximum atomic E-state index is 11.7. The third-order valence-electron chi connectivity index (χ3n) is 3.79. The molecule has 0 amide bonds. The average molecular weight is 361 g/mol. The van der Waals surface area contributed by atoms with Gasteiger partial charge in [-0.3, -0.25) is 9.79 Å². The van der Waals surface area contributed by atoms with Gasteiger partial charge >= 0.3 is 0 Å². The van der Waals surface area contributed by atoms with Crippen molar-refractivity contribution in [3.8, 4) is 0 Å². The van der Waals surface area contributed by atoms with E-state index in [2.05, 4.69) is 31.4 Å². The average Bonchev–Trinajstić information content (AvgIpc) is 2.60. The van der Waals surface area contributed by atoms with Crippen LogP contribution in [-0.4, -0.2) is 28.9 Å². The van der Waals surface area contributed by atoms with E-state index in [1.165, 1.54) is 0 Å². The van der Waals surface area contributed by atoms with E-state index in [0.717, 1.165) is 30.1 Å². The van der Waals surface area contributed by atoms with Gasteiger partial charge in [0.2, 0.25) is 5.12 Å². The Morgan fingerprint density at radius 3 is 2.25 bits per heavy atom. The molecule has 0 fully saturated rings. The number of carbonyl (C=O) groups is 1. The van der Waals surface area contributed by atoms with Crippen molar-refractivity contribution in [3.05, 3.63) is 70.2 Å². The Hall–Kier alpha value is -1.78. The second kappa shape index (κ2) is 8.90. The van der Waals surface area contributed by atoms with E-state index in [-0.39, 0.29) is 5.12 Å². The predicted molar refractivity (Wildman–Crippen MR) is 104 cm³/mol. The van der Waals surface area contributed by atoms with Crippen LogP contribution in [0.4, 0.5) is 0 Å². The normalized spacial score (nSPS) is 11.4. The van der Waals surface area contributed by atoms with Crippen molar-refractivity contribution in [1.29, 1.82) is 0 Å². The number of aliphatic imine (C=N–C) groups is 1. The molecule has 0 bridgehead atoms. The summed E-state index contributed by atoms with van der Waals surface area (Å²) in [6, 6.07) is 15.4. The molecule has 0 aromatic heterocycles. The Morgan fingerprint density at radius 2 is 1.67 bits per heavy atom. The molecule has 3 nitrogen and oxygen atoms in total. The molecule has 126 valence electrons. The van der Waals surface area contributed by atoms with Gasteiger partial charge in [-0.05, 0) is 31.5 Å². The lowest BCUT2D eigenvalue weighted by Crippen LogP contribution is -2.32. The first-order valence-electron chi connectivity index (χ1n) is 7.94. The zero-order chi connectivity index (χ0) is 17.5. The number of rotatable bonds is 6. The van der Waals surface area contributed by atoms with Crippen molar-refractivity contribution >= 4 is 35.2 Å². The number of halogens is 1. The molecule has 0 heterocycles. The van der Waals surface area contributed by atoms with Crippen molar-refractivity contribution in [1.82, 2.24) is 4.90 Å². The van der Waals surface area contributed by atoms with Crippen molar-refractivity contribution in [2.24, 2.45) is 4.99 Å². The highest BCUT2D eigenvalue weighted by molar-refractivity contribution is 7.97. The molecule has 0 aliphatic carbocycles. The molecule has 2 rings (SSSR count). The number of hydrogen-bond acceptors (Lipinski definition) is 2. The van der Waals surface area contributed by atoms with Gasteiger partial charge < -0.3 is 4.90 Å². The van der Waals surface area contributed by atoms with Crippen LogP contribution in [0.15, 0.2) is 53.5 Å². The van der Waals surface area contributed by atoms with Gasteiger partial charge in [-0.1, -0.05) is 48.0 Å². The van der Waals surface area contributed by atoms with E-state index in [1.807, 2.05) is 42.5 Å². The van der Waals surface area contributed by atoms with E-state index < -0.39 is 0 Å². The Kier molecular flexibility index (Phi) is 6.88. The SMILES string of the molecule is CCN(CC)C(=NCc1ccccc1)c1cccc(C(=O)S)c1Cl. The number of carbonyl (C=O) groups excluding carboxylic acids is 1. The molecule has 5 heteroatoms. The quantitative estimate of drug-likeness (QED) is 0.460. The number of hydrogen-bond donors (Lipinski definition) is 1. The fraction of sp³-hybridized carbons (Fsp3) is 0.263. The molecule has 24 heavy (non-hydrogen) atoms. The van der Waals surface area contributed by atoms with E-state index in [4.69, 9.17) is 16.6 Å². The third kappa shape index (κ3) is 4.40. The largest absolute Gasteiger partial charge is 0.357 e. The lowest BCUT2D eigenvalue weighted by atomic mass is 10.1. The zero-order valence-electron chi connectivity index (χ0n) is 13.9. The minimum absolute atomic E-state index is 0.344. The minimum atomic E-state index is -0.344. The fourth-order valence-corrected chi connectivity index (χ4v) is 3.05. The molecule has 0 aliphatic rings. The Morgan fingerprint density at radius 1 is 1.04 bits per heavy atom. The van der Waals surface area contributed by atoms with Crippen LogP contribution in [0.2, 0.25) is 5.02 Å². The molecule has 2 aromatic carbocycles. The van der Waals surface area contributed by atoms with Gasteiger partial charge in [0.15, 0.2) is 0 Å². The van der Waals surface area contributed by atoms with Crippen LogP contribution >= 0.6 is 24.2 Å². The van der Waals surface area contributed by atoms with Gasteiger partial charge in [-0.25, -0.2) is 0 Å². The summed E-state index contributed by atoms with van der Waals surface area (Å²) in [6.07, 6.45) is 0. The lowest BCUT2D eigenvalue weighted by Gasteiger charge is -2.24. The van der Waals surface area contributed by atoms with E-state index in [0.29, 0.717) is 17.1 Å².